The summed E-state index contributed by atoms with van der Waals surface area (Å²) >= 11 is 0. The molecule has 2 N–H and O–H groups in total. The number of amides is 1. The minimum atomic E-state index is 0.223. The molecule has 0 atom stereocenters. The van der Waals surface area contributed by atoms with Crippen molar-refractivity contribution in [3.63, 3.8) is 0 Å². The van der Waals surface area contributed by atoms with Gasteiger partial charge >= 0.3 is 0 Å². The van der Waals surface area contributed by atoms with Gasteiger partial charge in [0.2, 0.25) is 5.91 Å². The second-order valence-electron chi connectivity index (χ2n) is 5.56. The molecule has 20 heavy (non-hydrogen) atoms. The molecule has 0 aliphatic carbocycles. The summed E-state index contributed by atoms with van der Waals surface area (Å²) in [6.07, 6.45) is 6.73. The molecule has 1 aliphatic rings. The van der Waals surface area contributed by atoms with Crippen molar-refractivity contribution in [3.05, 3.63) is 30.5 Å². The molecule has 0 bridgehead atoms. The van der Waals surface area contributed by atoms with E-state index in [1.807, 2.05) is 39.9 Å². The van der Waals surface area contributed by atoms with Crippen LogP contribution in [0.3, 0.4) is 0 Å². The maximum atomic E-state index is 12.4. The van der Waals surface area contributed by atoms with E-state index in [0.29, 0.717) is 6.54 Å². The lowest BCUT2D eigenvalue weighted by molar-refractivity contribution is -0.131. The van der Waals surface area contributed by atoms with Gasteiger partial charge in [0.05, 0.1) is 0 Å². The zero-order chi connectivity index (χ0) is 13.9. The van der Waals surface area contributed by atoms with Crippen molar-refractivity contribution in [2.45, 2.75) is 32.2 Å². The summed E-state index contributed by atoms with van der Waals surface area (Å²) in [7, 11) is 0. The van der Waals surface area contributed by atoms with E-state index < -0.39 is 0 Å². The van der Waals surface area contributed by atoms with Crippen LogP contribution in [0.2, 0.25) is 0 Å². The van der Waals surface area contributed by atoms with Crippen molar-refractivity contribution in [3.8, 4) is 0 Å². The summed E-state index contributed by atoms with van der Waals surface area (Å²) in [5, 5.41) is 1.09. The predicted molar refractivity (Wildman–Crippen MR) is 81.4 cm³/mol. The van der Waals surface area contributed by atoms with E-state index in [0.717, 1.165) is 42.5 Å². The van der Waals surface area contributed by atoms with Crippen molar-refractivity contribution in [2.24, 2.45) is 0 Å². The number of benzene rings is 1. The number of carbonyl (C=O) groups is 1. The Morgan fingerprint density at radius 1 is 1.10 bits per heavy atom. The molecule has 1 aromatic carbocycles. The highest BCUT2D eigenvalue weighted by molar-refractivity contribution is 5.85. The third-order valence-corrected chi connectivity index (χ3v) is 4.06. The van der Waals surface area contributed by atoms with Crippen LogP contribution in [0.5, 0.6) is 0 Å². The van der Waals surface area contributed by atoms with Gasteiger partial charge < -0.3 is 15.2 Å². The van der Waals surface area contributed by atoms with Crippen molar-refractivity contribution < 1.29 is 4.79 Å². The quantitative estimate of drug-likeness (QED) is 0.854. The van der Waals surface area contributed by atoms with Crippen molar-refractivity contribution >= 4 is 22.5 Å². The number of rotatable bonds is 2. The largest absolute Gasteiger partial charge is 0.399 e. The van der Waals surface area contributed by atoms with Crippen LogP contribution in [-0.4, -0.2) is 28.5 Å². The predicted octanol–water partition coefficient (Wildman–Crippen LogP) is 2.63. The number of aromatic nitrogens is 1. The summed E-state index contributed by atoms with van der Waals surface area (Å²) in [5.74, 6) is 0.223. The molecule has 0 radical (unpaired) electrons. The minimum Gasteiger partial charge on any atom is -0.399 e. The molecule has 1 aliphatic heterocycles. The van der Waals surface area contributed by atoms with Crippen molar-refractivity contribution in [1.29, 1.82) is 0 Å². The van der Waals surface area contributed by atoms with E-state index in [-0.39, 0.29) is 5.91 Å². The molecular weight excluding hydrogens is 250 g/mol. The monoisotopic (exact) mass is 271 g/mol. The van der Waals surface area contributed by atoms with Gasteiger partial charge in [-0.05, 0) is 37.1 Å². The molecule has 1 aromatic heterocycles. The molecule has 1 saturated heterocycles. The first kappa shape index (κ1) is 13.0. The number of anilines is 1. The number of nitrogen functional groups attached to an aromatic ring is 1. The summed E-state index contributed by atoms with van der Waals surface area (Å²) in [6.45, 7) is 2.24. The third-order valence-electron chi connectivity index (χ3n) is 4.06. The van der Waals surface area contributed by atoms with Gasteiger partial charge in [-0.15, -0.1) is 0 Å². The molecule has 106 valence electrons. The Hall–Kier alpha value is -1.97. The molecule has 0 unspecified atom stereocenters. The summed E-state index contributed by atoms with van der Waals surface area (Å²) in [6, 6.07) is 7.83. The van der Waals surface area contributed by atoms with Gasteiger partial charge in [0.25, 0.3) is 0 Å². The van der Waals surface area contributed by atoms with Crippen LogP contribution in [0, 0.1) is 0 Å². The van der Waals surface area contributed by atoms with Crippen LogP contribution in [0.1, 0.15) is 25.7 Å². The zero-order valence-electron chi connectivity index (χ0n) is 11.7. The van der Waals surface area contributed by atoms with Gasteiger partial charge in [0.15, 0.2) is 0 Å². The van der Waals surface area contributed by atoms with E-state index in [9.17, 15) is 4.79 Å². The van der Waals surface area contributed by atoms with Crippen LogP contribution in [0.15, 0.2) is 30.5 Å². The Morgan fingerprint density at radius 2 is 1.85 bits per heavy atom. The number of carbonyl (C=O) groups excluding carboxylic acids is 1. The molecule has 2 aromatic rings. The Bertz CT molecular complexity index is 609. The first-order valence-corrected chi connectivity index (χ1v) is 7.36. The molecule has 1 amide bonds. The topological polar surface area (TPSA) is 51.3 Å². The maximum Gasteiger partial charge on any atom is 0.242 e. The molecule has 4 nitrogen and oxygen atoms in total. The van der Waals surface area contributed by atoms with Gasteiger partial charge in [-0.3, -0.25) is 4.79 Å². The molecule has 2 heterocycles. The smallest absolute Gasteiger partial charge is 0.242 e. The summed E-state index contributed by atoms with van der Waals surface area (Å²) in [5.41, 5.74) is 7.61. The van der Waals surface area contributed by atoms with Crippen LogP contribution in [0.4, 0.5) is 5.69 Å². The number of likely N-dealkylation sites (tertiary alicyclic amines) is 1. The SMILES string of the molecule is Nc1ccc2c(ccn2CC(=O)N2CCCCCC2)c1. The maximum absolute atomic E-state index is 12.4. The van der Waals surface area contributed by atoms with Crippen LogP contribution in [-0.2, 0) is 11.3 Å². The average Bonchev–Trinajstić information content (AvgIpc) is 2.66. The zero-order valence-corrected chi connectivity index (χ0v) is 11.7. The lowest BCUT2D eigenvalue weighted by Crippen LogP contribution is -2.34. The van der Waals surface area contributed by atoms with Crippen LogP contribution in [0.25, 0.3) is 10.9 Å². The Balaban J connectivity index is 1.76. The van der Waals surface area contributed by atoms with Crippen molar-refractivity contribution in [1.82, 2.24) is 9.47 Å². The van der Waals surface area contributed by atoms with Gasteiger partial charge in [-0.25, -0.2) is 0 Å². The van der Waals surface area contributed by atoms with Gasteiger partial charge in [-0.1, -0.05) is 12.8 Å². The molecular formula is C16H21N3O. The van der Waals surface area contributed by atoms with E-state index in [4.69, 9.17) is 5.73 Å². The average molecular weight is 271 g/mol. The second-order valence-corrected chi connectivity index (χ2v) is 5.56. The van der Waals surface area contributed by atoms with Crippen LogP contribution < -0.4 is 5.73 Å². The lowest BCUT2D eigenvalue weighted by atomic mass is 10.2. The fourth-order valence-electron chi connectivity index (χ4n) is 2.92. The number of nitrogens with two attached hydrogens (primary N) is 1. The fourth-order valence-corrected chi connectivity index (χ4v) is 2.92. The second kappa shape index (κ2) is 5.57. The normalized spacial score (nSPS) is 16.3. The highest BCUT2D eigenvalue weighted by Crippen LogP contribution is 2.19. The highest BCUT2D eigenvalue weighted by Gasteiger charge is 2.16. The molecule has 4 heteroatoms. The van der Waals surface area contributed by atoms with Gasteiger partial charge in [0.1, 0.15) is 6.54 Å². The van der Waals surface area contributed by atoms with E-state index in [2.05, 4.69) is 0 Å². The van der Waals surface area contributed by atoms with E-state index >= 15 is 0 Å². The third kappa shape index (κ3) is 2.64. The molecule has 1 fully saturated rings. The standard InChI is InChI=1S/C16H21N3O/c17-14-5-6-15-13(11-14)7-10-19(15)12-16(20)18-8-3-1-2-4-9-18/h5-7,10-11H,1-4,8-9,12,17H2. The number of hydrogen-bond donors (Lipinski definition) is 1. The molecule has 3 rings (SSSR count). The Morgan fingerprint density at radius 3 is 2.60 bits per heavy atom. The first-order valence-electron chi connectivity index (χ1n) is 7.36. The number of nitrogens with zero attached hydrogens (tertiary/aromatic N) is 2. The highest BCUT2D eigenvalue weighted by atomic mass is 16.2. The van der Waals surface area contributed by atoms with Gasteiger partial charge in [0, 0.05) is 35.9 Å². The van der Waals surface area contributed by atoms with E-state index in [1.165, 1.54) is 12.8 Å². The Labute approximate surface area is 119 Å². The fraction of sp³-hybridized carbons (Fsp3) is 0.438. The number of hydrogen-bond acceptors (Lipinski definition) is 2. The van der Waals surface area contributed by atoms with Crippen molar-refractivity contribution in [2.75, 3.05) is 18.8 Å². The summed E-state index contributed by atoms with van der Waals surface area (Å²) < 4.78 is 2.02. The van der Waals surface area contributed by atoms with Gasteiger partial charge in [-0.2, -0.15) is 0 Å². The summed E-state index contributed by atoms with van der Waals surface area (Å²) in [4.78, 5) is 14.4. The first-order chi connectivity index (χ1) is 9.74. The van der Waals surface area contributed by atoms with E-state index in [1.54, 1.807) is 0 Å². The lowest BCUT2D eigenvalue weighted by Gasteiger charge is -2.20. The van der Waals surface area contributed by atoms with Crippen LogP contribution >= 0.6 is 0 Å². The number of fused-ring (bicyclic) bond motifs is 1. The molecule has 0 spiro atoms. The minimum absolute atomic E-state index is 0.223. The molecule has 0 saturated carbocycles. The Kier molecular flexibility index (Phi) is 3.63.